The van der Waals surface area contributed by atoms with E-state index in [4.69, 9.17) is 0 Å². The molecule has 1 aliphatic rings. The molecule has 3 rings (SSSR count). The molecule has 1 unspecified atom stereocenters. The summed E-state index contributed by atoms with van der Waals surface area (Å²) in [6.45, 7) is 0. The Kier molecular flexibility index (Phi) is 3.47. The predicted molar refractivity (Wildman–Crippen MR) is 78.2 cm³/mol. The molecule has 0 amide bonds. The highest BCUT2D eigenvalue weighted by atomic mass is 79.9. The van der Waals surface area contributed by atoms with Crippen molar-refractivity contribution in [2.45, 2.75) is 25.2 Å². The molecule has 1 aliphatic carbocycles. The zero-order valence-electron chi connectivity index (χ0n) is 10.5. The number of Topliss-reactive ketones (excluding diaryl/α,β-unsaturated/α-hetero) is 1. The number of hydrogen-bond donors (Lipinski definition) is 0. The van der Waals surface area contributed by atoms with Crippen molar-refractivity contribution >= 4 is 21.7 Å². The van der Waals surface area contributed by atoms with Crippen LogP contribution in [0.2, 0.25) is 0 Å². The zero-order chi connectivity index (χ0) is 13.2. The molecule has 0 saturated carbocycles. The smallest absolute Gasteiger partial charge is 0.146 e. The highest BCUT2D eigenvalue weighted by Gasteiger charge is 2.29. The summed E-state index contributed by atoms with van der Waals surface area (Å²) in [5, 5.41) is 0. The average Bonchev–Trinajstić information content (AvgIpc) is 2.85. The van der Waals surface area contributed by atoms with Crippen molar-refractivity contribution in [2.75, 3.05) is 0 Å². The van der Waals surface area contributed by atoms with Crippen molar-refractivity contribution in [1.29, 1.82) is 0 Å². The van der Waals surface area contributed by atoms with Gasteiger partial charge in [0.25, 0.3) is 0 Å². The van der Waals surface area contributed by atoms with Gasteiger partial charge in [-0.25, -0.2) is 0 Å². The first kappa shape index (κ1) is 12.5. The Morgan fingerprint density at radius 2 is 2.05 bits per heavy atom. The first-order valence-corrected chi connectivity index (χ1v) is 7.24. The molecular weight excluding hydrogens is 302 g/mol. The van der Waals surface area contributed by atoms with Gasteiger partial charge in [-0.1, -0.05) is 34.1 Å². The molecule has 0 radical (unpaired) electrons. The Balaban J connectivity index is 1.77. The molecule has 0 saturated heterocycles. The summed E-state index contributed by atoms with van der Waals surface area (Å²) in [5.74, 6) is 0.264. The highest BCUT2D eigenvalue weighted by molar-refractivity contribution is 9.10. The number of aromatic nitrogens is 1. The number of hydrogen-bond acceptors (Lipinski definition) is 2. The van der Waals surface area contributed by atoms with Gasteiger partial charge in [-0.3, -0.25) is 9.78 Å². The van der Waals surface area contributed by atoms with Crippen LogP contribution in [0.25, 0.3) is 0 Å². The zero-order valence-corrected chi connectivity index (χ0v) is 12.1. The maximum atomic E-state index is 12.4. The Morgan fingerprint density at radius 3 is 2.84 bits per heavy atom. The molecule has 19 heavy (non-hydrogen) atoms. The van der Waals surface area contributed by atoms with Crippen molar-refractivity contribution in [3.8, 4) is 0 Å². The van der Waals surface area contributed by atoms with Gasteiger partial charge in [0.15, 0.2) is 0 Å². The van der Waals surface area contributed by atoms with Gasteiger partial charge in [0, 0.05) is 17.1 Å². The summed E-state index contributed by atoms with van der Waals surface area (Å²) in [5.41, 5.74) is 3.29. The van der Waals surface area contributed by atoms with E-state index in [9.17, 15) is 4.79 Å². The highest BCUT2D eigenvalue weighted by Crippen LogP contribution is 2.32. The predicted octanol–water partition coefficient (Wildman–Crippen LogP) is 3.69. The SMILES string of the molecule is O=C(Cc1ccc(Br)cc1)C1CCc2cccnc21. The minimum absolute atomic E-state index is 0.0140. The van der Waals surface area contributed by atoms with Gasteiger partial charge < -0.3 is 0 Å². The molecule has 3 heteroatoms. The summed E-state index contributed by atoms with van der Waals surface area (Å²) < 4.78 is 1.04. The van der Waals surface area contributed by atoms with Crippen molar-refractivity contribution in [2.24, 2.45) is 0 Å². The minimum Gasteiger partial charge on any atom is -0.299 e. The van der Waals surface area contributed by atoms with Crippen molar-refractivity contribution in [3.05, 3.63) is 63.9 Å². The van der Waals surface area contributed by atoms with E-state index in [0.29, 0.717) is 6.42 Å². The summed E-state index contributed by atoms with van der Waals surface area (Å²) in [7, 11) is 0. The molecule has 0 spiro atoms. The number of fused-ring (bicyclic) bond motifs is 1. The third-order valence-electron chi connectivity index (χ3n) is 3.64. The number of rotatable bonds is 3. The second-order valence-electron chi connectivity index (χ2n) is 4.91. The van der Waals surface area contributed by atoms with Crippen LogP contribution in [0.3, 0.4) is 0 Å². The molecule has 0 N–H and O–H groups in total. The maximum absolute atomic E-state index is 12.4. The molecule has 0 fully saturated rings. The fourth-order valence-corrected chi connectivity index (χ4v) is 2.92. The van der Waals surface area contributed by atoms with Crippen LogP contribution >= 0.6 is 15.9 Å². The molecular formula is C16H14BrNO. The molecule has 2 aromatic rings. The number of carbonyl (C=O) groups excluding carboxylic acids is 1. The number of pyridine rings is 1. The van der Waals surface area contributed by atoms with E-state index in [0.717, 1.165) is 28.6 Å². The number of halogens is 1. The van der Waals surface area contributed by atoms with Crippen molar-refractivity contribution < 1.29 is 4.79 Å². The Hall–Kier alpha value is -1.48. The lowest BCUT2D eigenvalue weighted by molar-refractivity contribution is -0.119. The number of aryl methyl sites for hydroxylation is 1. The van der Waals surface area contributed by atoms with E-state index < -0.39 is 0 Å². The molecule has 1 heterocycles. The van der Waals surface area contributed by atoms with Crippen LogP contribution in [0.1, 0.15) is 29.2 Å². The van der Waals surface area contributed by atoms with Gasteiger partial charge in [-0.05, 0) is 42.2 Å². The fraction of sp³-hybridized carbons (Fsp3) is 0.250. The third kappa shape index (κ3) is 2.61. The van der Waals surface area contributed by atoms with Gasteiger partial charge in [0.1, 0.15) is 5.78 Å². The monoisotopic (exact) mass is 315 g/mol. The Labute approximate surface area is 121 Å². The normalized spacial score (nSPS) is 17.2. The molecule has 1 aromatic heterocycles. The second kappa shape index (κ2) is 5.25. The second-order valence-corrected chi connectivity index (χ2v) is 5.82. The van der Waals surface area contributed by atoms with Crippen LogP contribution in [-0.2, 0) is 17.6 Å². The Bertz CT molecular complexity index is 606. The molecule has 1 aromatic carbocycles. The Morgan fingerprint density at radius 1 is 1.26 bits per heavy atom. The number of ketones is 1. The fourth-order valence-electron chi connectivity index (χ4n) is 2.65. The third-order valence-corrected chi connectivity index (χ3v) is 4.17. The quantitative estimate of drug-likeness (QED) is 0.864. The summed E-state index contributed by atoms with van der Waals surface area (Å²) >= 11 is 3.40. The van der Waals surface area contributed by atoms with Crippen LogP contribution in [0.5, 0.6) is 0 Å². The van der Waals surface area contributed by atoms with Crippen LogP contribution in [-0.4, -0.2) is 10.8 Å². The van der Waals surface area contributed by atoms with Crippen molar-refractivity contribution in [1.82, 2.24) is 4.98 Å². The maximum Gasteiger partial charge on any atom is 0.146 e. The molecule has 0 bridgehead atoms. The van der Waals surface area contributed by atoms with Gasteiger partial charge in [-0.2, -0.15) is 0 Å². The van der Waals surface area contributed by atoms with E-state index in [2.05, 4.69) is 27.0 Å². The number of benzene rings is 1. The van der Waals surface area contributed by atoms with Crippen LogP contribution in [0.15, 0.2) is 47.1 Å². The lowest BCUT2D eigenvalue weighted by Crippen LogP contribution is -2.13. The van der Waals surface area contributed by atoms with Crippen LogP contribution < -0.4 is 0 Å². The molecule has 0 aliphatic heterocycles. The van der Waals surface area contributed by atoms with E-state index in [1.165, 1.54) is 5.56 Å². The standard InChI is InChI=1S/C16H14BrNO/c17-13-6-3-11(4-7-13)10-15(19)14-8-5-12-2-1-9-18-16(12)14/h1-4,6-7,9,14H,5,8,10H2. The lowest BCUT2D eigenvalue weighted by Gasteiger charge is -2.09. The van der Waals surface area contributed by atoms with E-state index in [1.54, 1.807) is 6.20 Å². The largest absolute Gasteiger partial charge is 0.299 e. The van der Waals surface area contributed by atoms with Gasteiger partial charge in [0.2, 0.25) is 0 Å². The van der Waals surface area contributed by atoms with E-state index in [-0.39, 0.29) is 11.7 Å². The molecule has 96 valence electrons. The van der Waals surface area contributed by atoms with Gasteiger partial charge in [-0.15, -0.1) is 0 Å². The number of carbonyl (C=O) groups is 1. The minimum atomic E-state index is -0.0140. The molecule has 1 atom stereocenters. The topological polar surface area (TPSA) is 30.0 Å². The lowest BCUT2D eigenvalue weighted by atomic mass is 9.96. The first-order valence-electron chi connectivity index (χ1n) is 6.45. The van der Waals surface area contributed by atoms with Gasteiger partial charge in [0.05, 0.1) is 11.6 Å². The molecule has 2 nitrogen and oxygen atoms in total. The number of nitrogens with zero attached hydrogens (tertiary/aromatic N) is 1. The first-order chi connectivity index (χ1) is 9.24. The van der Waals surface area contributed by atoms with E-state index in [1.807, 2.05) is 30.3 Å². The summed E-state index contributed by atoms with van der Waals surface area (Å²) in [4.78, 5) is 16.8. The summed E-state index contributed by atoms with van der Waals surface area (Å²) in [6.07, 6.45) is 4.15. The van der Waals surface area contributed by atoms with E-state index >= 15 is 0 Å². The summed E-state index contributed by atoms with van der Waals surface area (Å²) in [6, 6.07) is 12.0. The van der Waals surface area contributed by atoms with Gasteiger partial charge >= 0.3 is 0 Å². The van der Waals surface area contributed by atoms with Crippen LogP contribution in [0.4, 0.5) is 0 Å². The average molecular weight is 316 g/mol. The van der Waals surface area contributed by atoms with Crippen molar-refractivity contribution in [3.63, 3.8) is 0 Å². The van der Waals surface area contributed by atoms with Crippen LogP contribution in [0, 0.1) is 0 Å².